The number of nitrogens with zero attached hydrogens (tertiary/aromatic N) is 1. The van der Waals surface area contributed by atoms with E-state index in [-0.39, 0.29) is 10.9 Å². The van der Waals surface area contributed by atoms with Gasteiger partial charge in [-0.05, 0) is 50.6 Å². The maximum absolute atomic E-state index is 11.8. The third-order valence-electron chi connectivity index (χ3n) is 2.89. The summed E-state index contributed by atoms with van der Waals surface area (Å²) >= 11 is -1.23. The summed E-state index contributed by atoms with van der Waals surface area (Å²) in [5, 5.41) is 0. The van der Waals surface area contributed by atoms with E-state index in [9.17, 15) is 4.55 Å². The van der Waals surface area contributed by atoms with E-state index in [2.05, 4.69) is 4.40 Å². The Balaban J connectivity index is 1.92. The molecule has 2 atom stereocenters. The quantitative estimate of drug-likeness (QED) is 0.634. The van der Waals surface area contributed by atoms with Crippen molar-refractivity contribution in [1.82, 2.24) is 0 Å². The molecular formula is C15H21NO3S. The number of benzene rings is 1. The van der Waals surface area contributed by atoms with Crippen molar-refractivity contribution in [3.05, 3.63) is 29.8 Å². The molecule has 0 unspecified atom stereocenters. The van der Waals surface area contributed by atoms with Crippen LogP contribution in [0.1, 0.15) is 32.8 Å². The molecule has 110 valence electrons. The van der Waals surface area contributed by atoms with Crippen LogP contribution in [0.5, 0.6) is 5.75 Å². The lowest BCUT2D eigenvalue weighted by atomic mass is 10.2. The number of hydrogen-bond donors (Lipinski definition) is 0. The summed E-state index contributed by atoms with van der Waals surface area (Å²) in [6, 6.07) is 7.63. The zero-order valence-corrected chi connectivity index (χ0v) is 13.0. The van der Waals surface area contributed by atoms with Gasteiger partial charge >= 0.3 is 0 Å². The van der Waals surface area contributed by atoms with E-state index in [4.69, 9.17) is 9.47 Å². The molecule has 0 radical (unpaired) electrons. The third-order valence-corrected chi connectivity index (χ3v) is 4.24. The Morgan fingerprint density at radius 1 is 1.35 bits per heavy atom. The van der Waals surface area contributed by atoms with Gasteiger partial charge in [0.05, 0.1) is 19.4 Å². The lowest BCUT2D eigenvalue weighted by Gasteiger charge is -2.17. The van der Waals surface area contributed by atoms with Gasteiger partial charge < -0.3 is 14.0 Å². The molecule has 0 N–H and O–H groups in total. The molecule has 1 heterocycles. The fourth-order valence-corrected chi connectivity index (χ4v) is 2.23. The van der Waals surface area contributed by atoms with E-state index in [1.54, 1.807) is 6.21 Å². The minimum absolute atomic E-state index is 0.155. The molecule has 0 aromatic heterocycles. The SMILES string of the molecule is CC(C)(C)[S@@+]([O-])N=Cc1ccc(O[C@@H]2CCOC2)cc1. The van der Waals surface area contributed by atoms with Crippen LogP contribution in [0, 0.1) is 0 Å². The first-order chi connectivity index (χ1) is 9.45. The average molecular weight is 295 g/mol. The summed E-state index contributed by atoms with van der Waals surface area (Å²) in [7, 11) is 0. The Labute approximate surface area is 123 Å². The van der Waals surface area contributed by atoms with Crippen LogP contribution in [0.4, 0.5) is 0 Å². The summed E-state index contributed by atoms with van der Waals surface area (Å²) in [5.41, 5.74) is 0.914. The zero-order valence-electron chi connectivity index (χ0n) is 12.2. The van der Waals surface area contributed by atoms with Crippen LogP contribution in [-0.4, -0.2) is 34.8 Å². The second kappa shape index (κ2) is 6.61. The van der Waals surface area contributed by atoms with E-state index in [1.165, 1.54) is 0 Å². The van der Waals surface area contributed by atoms with E-state index in [0.717, 1.165) is 24.3 Å². The summed E-state index contributed by atoms with van der Waals surface area (Å²) in [4.78, 5) is 0. The molecular weight excluding hydrogens is 274 g/mol. The second-order valence-electron chi connectivity index (χ2n) is 5.77. The summed E-state index contributed by atoms with van der Waals surface area (Å²) in [6.07, 6.45) is 2.74. The van der Waals surface area contributed by atoms with Crippen LogP contribution in [0.2, 0.25) is 0 Å². The van der Waals surface area contributed by atoms with Gasteiger partial charge in [0.2, 0.25) is 0 Å². The highest BCUT2D eigenvalue weighted by Gasteiger charge is 2.25. The van der Waals surface area contributed by atoms with Crippen LogP contribution in [0.25, 0.3) is 0 Å². The van der Waals surface area contributed by atoms with Crippen molar-refractivity contribution in [2.24, 2.45) is 4.40 Å². The predicted octanol–water partition coefficient (Wildman–Crippen LogP) is 2.74. The molecule has 1 aliphatic heterocycles. The summed E-state index contributed by atoms with van der Waals surface area (Å²) < 4.78 is 26.6. The minimum Gasteiger partial charge on any atom is -0.591 e. The molecule has 1 fully saturated rings. The Morgan fingerprint density at radius 2 is 2.05 bits per heavy atom. The maximum Gasteiger partial charge on any atom is 0.144 e. The van der Waals surface area contributed by atoms with Gasteiger partial charge in [-0.1, -0.05) is 4.40 Å². The van der Waals surface area contributed by atoms with E-state index in [1.807, 2.05) is 45.0 Å². The maximum atomic E-state index is 11.8. The monoisotopic (exact) mass is 295 g/mol. The summed E-state index contributed by atoms with van der Waals surface area (Å²) in [5.74, 6) is 0.828. The molecule has 0 bridgehead atoms. The molecule has 1 aromatic carbocycles. The molecule has 1 aliphatic rings. The average Bonchev–Trinajstić information content (AvgIpc) is 2.89. The van der Waals surface area contributed by atoms with Crippen LogP contribution < -0.4 is 4.74 Å². The van der Waals surface area contributed by atoms with Crippen molar-refractivity contribution >= 4 is 17.6 Å². The third kappa shape index (κ3) is 4.51. The molecule has 5 heteroatoms. The normalized spacial score (nSPS) is 21.3. The highest BCUT2D eigenvalue weighted by Crippen LogP contribution is 2.19. The van der Waals surface area contributed by atoms with Gasteiger partial charge in [-0.15, -0.1) is 0 Å². The zero-order chi connectivity index (χ0) is 14.6. The van der Waals surface area contributed by atoms with Gasteiger partial charge in [-0.2, -0.15) is 0 Å². The van der Waals surface area contributed by atoms with Crippen LogP contribution in [0.3, 0.4) is 0 Å². The lowest BCUT2D eigenvalue weighted by Crippen LogP contribution is -2.25. The topological polar surface area (TPSA) is 53.9 Å². The van der Waals surface area contributed by atoms with Crippen molar-refractivity contribution in [3.63, 3.8) is 0 Å². The van der Waals surface area contributed by atoms with Gasteiger partial charge in [-0.25, -0.2) is 0 Å². The molecule has 1 saturated heterocycles. The van der Waals surface area contributed by atoms with E-state index in [0.29, 0.717) is 6.61 Å². The van der Waals surface area contributed by atoms with Crippen molar-refractivity contribution in [2.75, 3.05) is 13.2 Å². The molecule has 0 spiro atoms. The van der Waals surface area contributed by atoms with Crippen molar-refractivity contribution in [2.45, 2.75) is 38.0 Å². The molecule has 4 nitrogen and oxygen atoms in total. The largest absolute Gasteiger partial charge is 0.591 e. The van der Waals surface area contributed by atoms with Gasteiger partial charge in [0.1, 0.15) is 28.0 Å². The van der Waals surface area contributed by atoms with Crippen LogP contribution >= 0.6 is 0 Å². The number of rotatable bonds is 4. The number of ether oxygens (including phenoxy) is 2. The van der Waals surface area contributed by atoms with E-state index >= 15 is 0 Å². The molecule has 0 aliphatic carbocycles. The smallest absolute Gasteiger partial charge is 0.144 e. The molecule has 0 saturated carbocycles. The Hall–Kier alpha value is -1.04. The first-order valence-corrected chi connectivity index (χ1v) is 7.86. The number of hydrogen-bond acceptors (Lipinski definition) is 4. The van der Waals surface area contributed by atoms with Crippen molar-refractivity contribution in [1.29, 1.82) is 0 Å². The second-order valence-corrected chi connectivity index (χ2v) is 7.70. The minimum atomic E-state index is -1.23. The van der Waals surface area contributed by atoms with Gasteiger partial charge in [0, 0.05) is 6.42 Å². The van der Waals surface area contributed by atoms with Gasteiger partial charge in [-0.3, -0.25) is 0 Å². The van der Waals surface area contributed by atoms with Crippen LogP contribution in [0.15, 0.2) is 28.7 Å². The van der Waals surface area contributed by atoms with Crippen molar-refractivity contribution < 1.29 is 14.0 Å². The van der Waals surface area contributed by atoms with E-state index < -0.39 is 11.4 Å². The fraction of sp³-hybridized carbons (Fsp3) is 0.533. The fourth-order valence-electron chi connectivity index (χ4n) is 1.70. The highest BCUT2D eigenvalue weighted by atomic mass is 32.2. The van der Waals surface area contributed by atoms with Gasteiger partial charge in [0.25, 0.3) is 0 Å². The Bertz CT molecular complexity index is 447. The van der Waals surface area contributed by atoms with Crippen molar-refractivity contribution in [3.8, 4) is 5.75 Å². The molecule has 2 rings (SSSR count). The molecule has 0 amide bonds. The molecule has 20 heavy (non-hydrogen) atoms. The Kier molecular flexibility index (Phi) is 5.07. The Morgan fingerprint density at radius 3 is 2.60 bits per heavy atom. The van der Waals surface area contributed by atoms with Crippen LogP contribution in [-0.2, 0) is 16.1 Å². The molecule has 1 aromatic rings. The first kappa shape index (κ1) is 15.4. The summed E-state index contributed by atoms with van der Waals surface area (Å²) in [6.45, 7) is 7.14. The first-order valence-electron chi connectivity index (χ1n) is 6.76. The van der Waals surface area contributed by atoms with Gasteiger partial charge in [0.15, 0.2) is 0 Å². The predicted molar refractivity (Wildman–Crippen MR) is 81.8 cm³/mol. The lowest BCUT2D eigenvalue weighted by molar-refractivity contribution is 0.141. The standard InChI is InChI=1S/C15H21NO3S/c1-15(2,3)20(17)16-10-12-4-6-13(7-5-12)19-14-8-9-18-11-14/h4-7,10,14H,8-9,11H2,1-3H3/t14-,20-/m1/s1. The highest BCUT2D eigenvalue weighted by molar-refractivity contribution is 7.91.